The third kappa shape index (κ3) is 2.07. The first-order valence-electron chi connectivity index (χ1n) is 9.57. The van der Waals surface area contributed by atoms with Gasteiger partial charge in [-0.15, -0.1) is 0 Å². The molecule has 0 aromatic carbocycles. The molecule has 0 aromatic heterocycles. The first-order valence-corrected chi connectivity index (χ1v) is 9.57. The highest BCUT2D eigenvalue weighted by atomic mass is 16.5. The van der Waals surface area contributed by atoms with Gasteiger partial charge in [-0.1, -0.05) is 20.3 Å². The van der Waals surface area contributed by atoms with Crippen molar-refractivity contribution in [3.05, 3.63) is 0 Å². The number of nitrogens with two attached hydrogens (primary N) is 1. The summed E-state index contributed by atoms with van der Waals surface area (Å²) >= 11 is 0. The number of fused-ring (bicyclic) bond motifs is 3. The summed E-state index contributed by atoms with van der Waals surface area (Å²) in [5, 5.41) is 3.32. The van der Waals surface area contributed by atoms with Crippen LogP contribution in [0, 0.1) is 29.1 Å². The molecule has 4 aliphatic rings. The molecule has 1 saturated heterocycles. The van der Waals surface area contributed by atoms with E-state index in [-0.39, 0.29) is 29.4 Å². The van der Waals surface area contributed by atoms with Crippen LogP contribution in [-0.2, 0) is 9.53 Å². The number of hydrogen-bond acceptors (Lipinski definition) is 3. The Morgan fingerprint density at radius 3 is 2.70 bits per heavy atom. The van der Waals surface area contributed by atoms with Crippen LogP contribution in [0.4, 0.5) is 0 Å². The minimum atomic E-state index is -0.774. The largest absolute Gasteiger partial charge is 0.377 e. The molecule has 0 spiro atoms. The molecule has 1 aliphatic heterocycles. The first kappa shape index (κ1) is 15.9. The second-order valence-corrected chi connectivity index (χ2v) is 9.23. The van der Waals surface area contributed by atoms with Gasteiger partial charge in [0.25, 0.3) is 0 Å². The lowest BCUT2D eigenvalue weighted by atomic mass is 9.46. The molecule has 7 atom stereocenters. The number of nitrogens with one attached hydrogen (secondary N) is 1. The van der Waals surface area contributed by atoms with Gasteiger partial charge in [-0.2, -0.15) is 0 Å². The van der Waals surface area contributed by atoms with Gasteiger partial charge in [0.05, 0.1) is 6.10 Å². The Kier molecular flexibility index (Phi) is 3.59. The van der Waals surface area contributed by atoms with Gasteiger partial charge in [-0.05, 0) is 56.8 Å². The molecule has 2 bridgehead atoms. The molecule has 0 radical (unpaired) electrons. The van der Waals surface area contributed by atoms with E-state index in [4.69, 9.17) is 10.5 Å². The monoisotopic (exact) mass is 320 g/mol. The van der Waals surface area contributed by atoms with Crippen molar-refractivity contribution in [2.75, 3.05) is 6.61 Å². The van der Waals surface area contributed by atoms with Crippen LogP contribution in [0.1, 0.15) is 59.3 Å². The van der Waals surface area contributed by atoms with E-state index in [0.717, 1.165) is 31.3 Å². The molecule has 0 aromatic rings. The van der Waals surface area contributed by atoms with E-state index in [9.17, 15) is 4.79 Å². The van der Waals surface area contributed by atoms with Gasteiger partial charge in [-0.3, -0.25) is 4.79 Å². The molecule has 4 nitrogen and oxygen atoms in total. The smallest absolute Gasteiger partial charge is 0.241 e. The second-order valence-electron chi connectivity index (χ2n) is 9.23. The summed E-state index contributed by atoms with van der Waals surface area (Å²) in [7, 11) is 0. The van der Waals surface area contributed by atoms with Crippen molar-refractivity contribution in [2.45, 2.75) is 77.0 Å². The molecule has 23 heavy (non-hydrogen) atoms. The highest BCUT2D eigenvalue weighted by molar-refractivity contribution is 5.89. The Hall–Kier alpha value is -0.610. The lowest BCUT2D eigenvalue weighted by molar-refractivity contribution is -0.225. The van der Waals surface area contributed by atoms with Crippen LogP contribution in [0.5, 0.6) is 0 Å². The van der Waals surface area contributed by atoms with Gasteiger partial charge < -0.3 is 15.8 Å². The molecule has 3 N–H and O–H groups in total. The molecule has 130 valence electrons. The van der Waals surface area contributed by atoms with Gasteiger partial charge in [0.1, 0.15) is 5.54 Å². The summed E-state index contributed by atoms with van der Waals surface area (Å²) in [5.74, 6) is 2.63. The number of carbonyl (C=O) groups excluding carboxylic acids is 1. The van der Waals surface area contributed by atoms with Crippen LogP contribution >= 0.6 is 0 Å². The second kappa shape index (κ2) is 5.19. The molecule has 4 rings (SSSR count). The summed E-state index contributed by atoms with van der Waals surface area (Å²) in [6.07, 6.45) is 7.60. The zero-order valence-corrected chi connectivity index (χ0v) is 14.8. The third-order valence-electron chi connectivity index (χ3n) is 7.85. The van der Waals surface area contributed by atoms with Crippen LogP contribution in [-0.4, -0.2) is 30.2 Å². The van der Waals surface area contributed by atoms with Crippen LogP contribution in [0.3, 0.4) is 0 Å². The maximum Gasteiger partial charge on any atom is 0.241 e. The Morgan fingerprint density at radius 1 is 1.26 bits per heavy atom. The Balaban J connectivity index is 1.46. The number of rotatable bonds is 3. The minimum Gasteiger partial charge on any atom is -0.377 e. The van der Waals surface area contributed by atoms with Crippen LogP contribution < -0.4 is 11.1 Å². The zero-order valence-electron chi connectivity index (χ0n) is 14.8. The Morgan fingerprint density at radius 2 is 2.04 bits per heavy atom. The molecule has 4 fully saturated rings. The van der Waals surface area contributed by atoms with Gasteiger partial charge in [0.2, 0.25) is 5.91 Å². The van der Waals surface area contributed by atoms with Crippen LogP contribution in [0.25, 0.3) is 0 Å². The molecule has 1 heterocycles. The van der Waals surface area contributed by atoms with E-state index in [1.165, 1.54) is 25.7 Å². The number of carbonyl (C=O) groups is 1. The van der Waals surface area contributed by atoms with Crippen LogP contribution in [0.15, 0.2) is 0 Å². The third-order valence-corrected chi connectivity index (χ3v) is 7.85. The Bertz CT molecular complexity index is 506. The van der Waals surface area contributed by atoms with Crippen molar-refractivity contribution in [3.8, 4) is 0 Å². The predicted octanol–water partition coefficient (Wildman–Crippen LogP) is 2.46. The molecule has 7 unspecified atom stereocenters. The number of ether oxygens (including phenoxy) is 1. The summed E-state index contributed by atoms with van der Waals surface area (Å²) < 4.78 is 5.92. The minimum absolute atomic E-state index is 0.0597. The predicted molar refractivity (Wildman–Crippen MR) is 89.7 cm³/mol. The van der Waals surface area contributed by atoms with Crippen molar-refractivity contribution in [1.29, 1.82) is 0 Å². The maximum absolute atomic E-state index is 13.1. The standard InChI is InChI=1S/C19H32N2O2/c1-11(14-10-12-6-7-13(14)9-12)21-17(22)19(20)15-5-4-8-23-16(15)18(19,2)3/h11-16H,4-10,20H2,1-3H3,(H,21,22). The SMILES string of the molecule is CC(NC(=O)C1(N)C2CCCOC2C1(C)C)C1CC2CCC1C2. The van der Waals surface area contributed by atoms with Gasteiger partial charge in [0, 0.05) is 24.0 Å². The summed E-state index contributed by atoms with van der Waals surface area (Å²) in [4.78, 5) is 13.1. The lowest BCUT2D eigenvalue weighted by Gasteiger charge is -2.65. The lowest BCUT2D eigenvalue weighted by Crippen LogP contribution is -2.82. The number of hydrogen-bond donors (Lipinski definition) is 2. The maximum atomic E-state index is 13.1. The van der Waals surface area contributed by atoms with Crippen LogP contribution in [0.2, 0.25) is 0 Å². The van der Waals surface area contributed by atoms with E-state index < -0.39 is 5.54 Å². The van der Waals surface area contributed by atoms with E-state index >= 15 is 0 Å². The van der Waals surface area contributed by atoms with Crippen molar-refractivity contribution in [3.63, 3.8) is 0 Å². The molecule has 1 amide bonds. The average Bonchev–Trinajstić information content (AvgIpc) is 3.17. The first-order chi connectivity index (χ1) is 10.9. The molecule has 3 aliphatic carbocycles. The fourth-order valence-corrected chi connectivity index (χ4v) is 6.38. The van der Waals surface area contributed by atoms with Gasteiger partial charge >= 0.3 is 0 Å². The number of amides is 1. The average molecular weight is 320 g/mol. The normalized spacial score (nSPS) is 48.4. The van der Waals surface area contributed by atoms with Crippen molar-refractivity contribution in [2.24, 2.45) is 34.8 Å². The molecular formula is C19H32N2O2. The van der Waals surface area contributed by atoms with E-state index in [0.29, 0.717) is 5.92 Å². The molecule has 4 heteroatoms. The quantitative estimate of drug-likeness (QED) is 0.839. The summed E-state index contributed by atoms with van der Waals surface area (Å²) in [6, 6.07) is 0.248. The Labute approximate surface area is 139 Å². The van der Waals surface area contributed by atoms with E-state index in [1.807, 2.05) is 0 Å². The summed E-state index contributed by atoms with van der Waals surface area (Å²) in [5.41, 5.74) is 5.65. The van der Waals surface area contributed by atoms with E-state index in [2.05, 4.69) is 26.1 Å². The highest BCUT2D eigenvalue weighted by Gasteiger charge is 2.70. The zero-order chi connectivity index (χ0) is 16.4. The van der Waals surface area contributed by atoms with E-state index in [1.54, 1.807) is 0 Å². The van der Waals surface area contributed by atoms with Gasteiger partial charge in [-0.25, -0.2) is 0 Å². The molecule has 3 saturated carbocycles. The van der Waals surface area contributed by atoms with Crippen molar-refractivity contribution >= 4 is 5.91 Å². The molecular weight excluding hydrogens is 288 g/mol. The fourth-order valence-electron chi connectivity index (χ4n) is 6.38. The highest BCUT2D eigenvalue weighted by Crippen LogP contribution is 2.57. The van der Waals surface area contributed by atoms with Crippen molar-refractivity contribution in [1.82, 2.24) is 5.32 Å². The van der Waals surface area contributed by atoms with Gasteiger partial charge in [0.15, 0.2) is 0 Å². The van der Waals surface area contributed by atoms with Crippen molar-refractivity contribution < 1.29 is 9.53 Å². The fraction of sp³-hybridized carbons (Fsp3) is 0.947. The topological polar surface area (TPSA) is 64.4 Å². The summed E-state index contributed by atoms with van der Waals surface area (Å²) in [6.45, 7) is 7.19.